The predicted molar refractivity (Wildman–Crippen MR) is 67.2 cm³/mol. The third-order valence-corrected chi connectivity index (χ3v) is 4.03. The van der Waals surface area contributed by atoms with Gasteiger partial charge < -0.3 is 10.6 Å². The zero-order valence-corrected chi connectivity index (χ0v) is 10.9. The summed E-state index contributed by atoms with van der Waals surface area (Å²) in [5, 5.41) is 7.31. The Morgan fingerprint density at radius 2 is 2.07 bits per heavy atom. The summed E-state index contributed by atoms with van der Waals surface area (Å²) in [6, 6.07) is 0. The first-order valence-electron chi connectivity index (χ1n) is 6.49. The van der Waals surface area contributed by atoms with Gasteiger partial charge in [-0.3, -0.25) is 0 Å². The van der Waals surface area contributed by atoms with E-state index in [1.807, 2.05) is 0 Å². The fourth-order valence-corrected chi connectivity index (χ4v) is 2.21. The van der Waals surface area contributed by atoms with Crippen molar-refractivity contribution in [2.45, 2.75) is 58.9 Å². The molecule has 1 saturated heterocycles. The summed E-state index contributed by atoms with van der Waals surface area (Å²) in [6.45, 7) is 12.7. The molecule has 0 amide bonds. The molecule has 0 aromatic rings. The van der Waals surface area contributed by atoms with Crippen LogP contribution < -0.4 is 10.6 Å². The molecule has 0 radical (unpaired) electrons. The van der Waals surface area contributed by atoms with Gasteiger partial charge >= 0.3 is 0 Å². The van der Waals surface area contributed by atoms with Crippen LogP contribution in [0.3, 0.4) is 0 Å². The SMILES string of the molecule is CCC(C)(C)CNCC1(CC)CCCN1. The van der Waals surface area contributed by atoms with Crippen LogP contribution in [0.5, 0.6) is 0 Å². The maximum absolute atomic E-state index is 3.66. The Bertz CT molecular complexity index is 181. The second-order valence-electron chi connectivity index (χ2n) is 5.79. The summed E-state index contributed by atoms with van der Waals surface area (Å²) >= 11 is 0. The van der Waals surface area contributed by atoms with Crippen molar-refractivity contribution < 1.29 is 0 Å². The maximum Gasteiger partial charge on any atom is 0.0304 e. The minimum absolute atomic E-state index is 0.393. The van der Waals surface area contributed by atoms with Crippen LogP contribution in [0.1, 0.15) is 53.4 Å². The zero-order valence-electron chi connectivity index (χ0n) is 10.9. The Kier molecular flexibility index (Phi) is 4.60. The molecule has 2 heteroatoms. The highest BCUT2D eigenvalue weighted by molar-refractivity contribution is 4.94. The van der Waals surface area contributed by atoms with Crippen molar-refractivity contribution in [2.75, 3.05) is 19.6 Å². The Hall–Kier alpha value is -0.0800. The molecule has 1 heterocycles. The normalized spacial score (nSPS) is 27.2. The summed E-state index contributed by atoms with van der Waals surface area (Å²) < 4.78 is 0. The molecule has 0 aliphatic carbocycles. The highest BCUT2D eigenvalue weighted by atomic mass is 15.1. The first-order chi connectivity index (χ1) is 7.04. The summed E-state index contributed by atoms with van der Waals surface area (Å²) in [4.78, 5) is 0. The van der Waals surface area contributed by atoms with Gasteiger partial charge in [-0.2, -0.15) is 0 Å². The second kappa shape index (κ2) is 5.31. The van der Waals surface area contributed by atoms with Crippen LogP contribution in [-0.4, -0.2) is 25.2 Å². The van der Waals surface area contributed by atoms with E-state index in [9.17, 15) is 0 Å². The smallest absolute Gasteiger partial charge is 0.0304 e. The number of hydrogen-bond acceptors (Lipinski definition) is 2. The molecule has 1 fully saturated rings. The predicted octanol–water partition coefficient (Wildman–Crippen LogP) is 2.54. The van der Waals surface area contributed by atoms with E-state index in [-0.39, 0.29) is 0 Å². The van der Waals surface area contributed by atoms with Gasteiger partial charge in [0.1, 0.15) is 0 Å². The maximum atomic E-state index is 3.66. The Morgan fingerprint density at radius 3 is 2.53 bits per heavy atom. The minimum atomic E-state index is 0.393. The van der Waals surface area contributed by atoms with Gasteiger partial charge in [-0.05, 0) is 37.6 Å². The van der Waals surface area contributed by atoms with Gasteiger partial charge in [0.05, 0.1) is 0 Å². The molecule has 0 saturated carbocycles. The third-order valence-electron chi connectivity index (χ3n) is 4.03. The summed E-state index contributed by atoms with van der Waals surface area (Å²) in [5.41, 5.74) is 0.831. The molecule has 2 N–H and O–H groups in total. The van der Waals surface area contributed by atoms with Gasteiger partial charge in [-0.1, -0.05) is 27.7 Å². The van der Waals surface area contributed by atoms with Gasteiger partial charge in [-0.15, -0.1) is 0 Å². The van der Waals surface area contributed by atoms with Crippen LogP contribution in [0.15, 0.2) is 0 Å². The van der Waals surface area contributed by atoms with Crippen LogP contribution in [0.25, 0.3) is 0 Å². The van der Waals surface area contributed by atoms with Crippen molar-refractivity contribution in [3.05, 3.63) is 0 Å². The van der Waals surface area contributed by atoms with Gasteiger partial charge in [0, 0.05) is 18.6 Å². The second-order valence-corrected chi connectivity index (χ2v) is 5.79. The van der Waals surface area contributed by atoms with Crippen molar-refractivity contribution >= 4 is 0 Å². The van der Waals surface area contributed by atoms with Gasteiger partial charge in [0.15, 0.2) is 0 Å². The molecule has 0 aromatic heterocycles. The quantitative estimate of drug-likeness (QED) is 0.707. The summed E-state index contributed by atoms with van der Waals surface area (Å²) in [5.74, 6) is 0. The van der Waals surface area contributed by atoms with E-state index >= 15 is 0 Å². The van der Waals surface area contributed by atoms with Gasteiger partial charge in [0.2, 0.25) is 0 Å². The van der Waals surface area contributed by atoms with E-state index in [1.54, 1.807) is 0 Å². The molecule has 1 aliphatic heterocycles. The molecular formula is C13H28N2. The molecule has 15 heavy (non-hydrogen) atoms. The fourth-order valence-electron chi connectivity index (χ4n) is 2.21. The first kappa shape index (κ1) is 13.0. The molecule has 0 bridgehead atoms. The Morgan fingerprint density at radius 1 is 1.33 bits per heavy atom. The minimum Gasteiger partial charge on any atom is -0.314 e. The van der Waals surface area contributed by atoms with Crippen molar-refractivity contribution in [3.8, 4) is 0 Å². The first-order valence-corrected chi connectivity index (χ1v) is 6.49. The van der Waals surface area contributed by atoms with Crippen LogP contribution >= 0.6 is 0 Å². The standard InChI is InChI=1S/C13H28N2/c1-5-12(3,4)10-14-11-13(6-2)8-7-9-15-13/h14-15H,5-11H2,1-4H3. The molecule has 2 nitrogen and oxygen atoms in total. The lowest BCUT2D eigenvalue weighted by Crippen LogP contribution is -2.49. The number of rotatable bonds is 6. The van der Waals surface area contributed by atoms with Crippen molar-refractivity contribution in [1.82, 2.24) is 10.6 Å². The van der Waals surface area contributed by atoms with E-state index in [0.717, 1.165) is 13.1 Å². The zero-order chi connectivity index (χ0) is 11.4. The third kappa shape index (κ3) is 3.76. The van der Waals surface area contributed by atoms with Crippen LogP contribution in [0.2, 0.25) is 0 Å². The van der Waals surface area contributed by atoms with Crippen molar-refractivity contribution in [2.24, 2.45) is 5.41 Å². The largest absolute Gasteiger partial charge is 0.314 e. The average molecular weight is 212 g/mol. The molecule has 1 aliphatic rings. The lowest BCUT2D eigenvalue weighted by atomic mass is 9.89. The lowest BCUT2D eigenvalue weighted by Gasteiger charge is -2.31. The molecule has 1 unspecified atom stereocenters. The van der Waals surface area contributed by atoms with Crippen molar-refractivity contribution in [1.29, 1.82) is 0 Å². The monoisotopic (exact) mass is 212 g/mol. The van der Waals surface area contributed by atoms with E-state index in [0.29, 0.717) is 11.0 Å². The molecule has 1 atom stereocenters. The number of hydrogen-bond donors (Lipinski definition) is 2. The highest BCUT2D eigenvalue weighted by Gasteiger charge is 2.31. The van der Waals surface area contributed by atoms with Crippen molar-refractivity contribution in [3.63, 3.8) is 0 Å². The number of nitrogens with one attached hydrogen (secondary N) is 2. The Labute approximate surface area is 95.2 Å². The lowest BCUT2D eigenvalue weighted by molar-refractivity contribution is 0.284. The van der Waals surface area contributed by atoms with Crippen LogP contribution in [0, 0.1) is 5.41 Å². The summed E-state index contributed by atoms with van der Waals surface area (Å²) in [7, 11) is 0. The van der Waals surface area contributed by atoms with E-state index in [1.165, 1.54) is 32.2 Å². The van der Waals surface area contributed by atoms with E-state index < -0.39 is 0 Å². The summed E-state index contributed by atoms with van der Waals surface area (Å²) in [6.07, 6.45) is 5.16. The highest BCUT2D eigenvalue weighted by Crippen LogP contribution is 2.23. The van der Waals surface area contributed by atoms with Crippen LogP contribution in [0.4, 0.5) is 0 Å². The fraction of sp³-hybridized carbons (Fsp3) is 1.00. The molecule has 1 rings (SSSR count). The molecule has 0 spiro atoms. The topological polar surface area (TPSA) is 24.1 Å². The Balaban J connectivity index is 2.29. The van der Waals surface area contributed by atoms with Gasteiger partial charge in [0.25, 0.3) is 0 Å². The molecule has 0 aromatic carbocycles. The molecular weight excluding hydrogens is 184 g/mol. The van der Waals surface area contributed by atoms with E-state index in [2.05, 4.69) is 38.3 Å². The van der Waals surface area contributed by atoms with Crippen LogP contribution in [-0.2, 0) is 0 Å². The van der Waals surface area contributed by atoms with E-state index in [4.69, 9.17) is 0 Å². The molecule has 90 valence electrons. The van der Waals surface area contributed by atoms with Gasteiger partial charge in [-0.25, -0.2) is 0 Å². The average Bonchev–Trinajstić information content (AvgIpc) is 2.67.